The Hall–Kier alpha value is -3.37. The van der Waals surface area contributed by atoms with Gasteiger partial charge in [0.1, 0.15) is 5.75 Å². The third-order valence-electron chi connectivity index (χ3n) is 4.52. The van der Waals surface area contributed by atoms with Gasteiger partial charge in [-0.05, 0) is 54.2 Å². The van der Waals surface area contributed by atoms with Crippen molar-refractivity contribution < 1.29 is 9.90 Å². The maximum Gasteiger partial charge on any atom is 0.271 e. The van der Waals surface area contributed by atoms with Crippen LogP contribution in [0.15, 0.2) is 84.0 Å². The van der Waals surface area contributed by atoms with Crippen LogP contribution in [0, 0.1) is 0 Å². The van der Waals surface area contributed by atoms with Crippen molar-refractivity contribution in [1.82, 2.24) is 5.43 Å². The van der Waals surface area contributed by atoms with Crippen molar-refractivity contribution in [3.63, 3.8) is 0 Å². The number of hydrogen-bond donors (Lipinski definition) is 2. The van der Waals surface area contributed by atoms with Gasteiger partial charge in [0.2, 0.25) is 0 Å². The van der Waals surface area contributed by atoms with E-state index < -0.39 is 5.91 Å². The van der Waals surface area contributed by atoms with Gasteiger partial charge >= 0.3 is 0 Å². The molecule has 0 bridgehead atoms. The molecule has 0 aromatic heterocycles. The lowest BCUT2D eigenvalue weighted by Gasteiger charge is -2.02. The number of aryl methyl sites for hydroxylation is 1. The van der Waals surface area contributed by atoms with Crippen molar-refractivity contribution in [3.05, 3.63) is 106 Å². The van der Waals surface area contributed by atoms with Crippen molar-refractivity contribution >= 4 is 29.8 Å². The number of unbranched alkanes of at least 4 members (excludes halogenated alkanes) is 1. The van der Waals surface area contributed by atoms with Gasteiger partial charge < -0.3 is 5.11 Å². The molecule has 0 radical (unpaired) electrons. The van der Waals surface area contributed by atoms with Crippen molar-refractivity contribution in [2.75, 3.05) is 0 Å². The van der Waals surface area contributed by atoms with E-state index in [1.54, 1.807) is 6.21 Å². The van der Waals surface area contributed by atoms with E-state index in [4.69, 9.17) is 11.6 Å². The zero-order valence-electron chi connectivity index (χ0n) is 16.5. The van der Waals surface area contributed by atoms with Gasteiger partial charge in [0.05, 0.1) is 11.2 Å². The summed E-state index contributed by atoms with van der Waals surface area (Å²) in [5.41, 5.74) is 6.13. The van der Waals surface area contributed by atoms with Crippen LogP contribution in [0.3, 0.4) is 0 Å². The fourth-order valence-corrected chi connectivity index (χ4v) is 3.04. The first kappa shape index (κ1) is 21.3. The summed E-state index contributed by atoms with van der Waals surface area (Å²) in [6.07, 6.45) is 9.12. The molecule has 3 aromatic rings. The predicted molar refractivity (Wildman–Crippen MR) is 123 cm³/mol. The van der Waals surface area contributed by atoms with Crippen LogP contribution in [0.5, 0.6) is 5.75 Å². The van der Waals surface area contributed by atoms with Gasteiger partial charge in [0.25, 0.3) is 5.91 Å². The number of amides is 1. The molecule has 152 valence electrons. The Bertz CT molecular complexity index is 1030. The van der Waals surface area contributed by atoms with Crippen molar-refractivity contribution in [3.8, 4) is 5.75 Å². The summed E-state index contributed by atoms with van der Waals surface area (Å²) >= 11 is 5.81. The number of hydrazone groups is 1. The smallest absolute Gasteiger partial charge is 0.271 e. The molecule has 3 rings (SSSR count). The molecule has 0 aliphatic rings. The number of phenolic OH excluding ortho intramolecular Hbond substituents is 1. The van der Waals surface area contributed by atoms with E-state index in [1.165, 1.54) is 23.8 Å². The molecule has 0 fully saturated rings. The minimum absolute atomic E-state index is 0.0675. The van der Waals surface area contributed by atoms with Gasteiger partial charge in [-0.3, -0.25) is 4.79 Å². The van der Waals surface area contributed by atoms with Gasteiger partial charge in [-0.2, -0.15) is 5.10 Å². The lowest BCUT2D eigenvalue weighted by Crippen LogP contribution is -2.17. The molecule has 0 saturated heterocycles. The summed E-state index contributed by atoms with van der Waals surface area (Å²) in [4.78, 5) is 12.0. The first-order chi connectivity index (χ1) is 14.6. The molecule has 3 aromatic carbocycles. The van der Waals surface area contributed by atoms with E-state index in [2.05, 4.69) is 46.9 Å². The van der Waals surface area contributed by atoms with Gasteiger partial charge in [0.15, 0.2) is 0 Å². The van der Waals surface area contributed by atoms with Crippen LogP contribution in [-0.4, -0.2) is 17.2 Å². The molecule has 0 saturated carbocycles. The highest BCUT2D eigenvalue weighted by molar-refractivity contribution is 6.32. The highest BCUT2D eigenvalue weighted by atomic mass is 35.5. The van der Waals surface area contributed by atoms with Crippen molar-refractivity contribution in [2.45, 2.75) is 19.3 Å². The molecule has 0 atom stereocenters. The monoisotopic (exact) mass is 418 g/mol. The molecule has 30 heavy (non-hydrogen) atoms. The number of phenols is 1. The fraction of sp³-hybridized carbons (Fsp3) is 0.120. The van der Waals surface area contributed by atoms with Crippen LogP contribution in [0.2, 0.25) is 5.02 Å². The predicted octanol–water partition coefficient (Wildman–Crippen LogP) is 5.85. The molecular weight excluding hydrogens is 396 g/mol. The average molecular weight is 419 g/mol. The number of nitrogens with one attached hydrogen (secondary N) is 1. The van der Waals surface area contributed by atoms with Crippen LogP contribution < -0.4 is 5.43 Å². The van der Waals surface area contributed by atoms with Crippen LogP contribution in [-0.2, 0) is 6.42 Å². The zero-order chi connectivity index (χ0) is 21.2. The van der Waals surface area contributed by atoms with E-state index in [0.29, 0.717) is 5.56 Å². The molecule has 1 amide bonds. The van der Waals surface area contributed by atoms with Crippen LogP contribution in [0.1, 0.15) is 39.9 Å². The maximum absolute atomic E-state index is 12.0. The van der Waals surface area contributed by atoms with E-state index in [-0.39, 0.29) is 10.8 Å². The number of nitrogens with zero attached hydrogens (tertiary/aromatic N) is 1. The Balaban J connectivity index is 1.44. The minimum Gasteiger partial charge on any atom is -0.506 e. The van der Waals surface area contributed by atoms with Crippen LogP contribution >= 0.6 is 11.6 Å². The summed E-state index contributed by atoms with van der Waals surface area (Å²) in [6.45, 7) is 0. The number of carbonyl (C=O) groups excluding carboxylic acids is 1. The summed E-state index contributed by atoms with van der Waals surface area (Å²) in [5, 5.41) is 13.5. The summed E-state index contributed by atoms with van der Waals surface area (Å²) in [7, 11) is 0. The van der Waals surface area contributed by atoms with E-state index in [0.717, 1.165) is 30.4 Å². The molecule has 2 N–H and O–H groups in total. The third kappa shape index (κ3) is 6.61. The number of allylic oxidation sites excluding steroid dienone is 1. The molecular formula is C25H23ClN2O2. The van der Waals surface area contributed by atoms with E-state index in [9.17, 15) is 9.90 Å². The number of hydrogen-bond acceptors (Lipinski definition) is 3. The highest BCUT2D eigenvalue weighted by Gasteiger charge is 2.07. The Morgan fingerprint density at radius 3 is 2.47 bits per heavy atom. The molecule has 0 heterocycles. The Morgan fingerprint density at radius 1 is 1.00 bits per heavy atom. The fourth-order valence-electron chi connectivity index (χ4n) is 2.86. The van der Waals surface area contributed by atoms with Crippen LogP contribution in [0.4, 0.5) is 0 Å². The van der Waals surface area contributed by atoms with Gasteiger partial charge in [0, 0.05) is 5.56 Å². The average Bonchev–Trinajstić information content (AvgIpc) is 2.77. The van der Waals surface area contributed by atoms with Gasteiger partial charge in [-0.25, -0.2) is 5.43 Å². The topological polar surface area (TPSA) is 61.7 Å². The quantitative estimate of drug-likeness (QED) is 0.274. The lowest BCUT2D eigenvalue weighted by atomic mass is 10.1. The lowest BCUT2D eigenvalue weighted by molar-refractivity contribution is 0.0955. The van der Waals surface area contributed by atoms with Crippen molar-refractivity contribution in [2.24, 2.45) is 5.10 Å². The number of benzene rings is 3. The second kappa shape index (κ2) is 11.0. The minimum atomic E-state index is -0.400. The highest BCUT2D eigenvalue weighted by Crippen LogP contribution is 2.23. The molecule has 0 aliphatic heterocycles. The normalized spacial score (nSPS) is 11.2. The Morgan fingerprint density at radius 2 is 1.73 bits per heavy atom. The van der Waals surface area contributed by atoms with E-state index in [1.807, 2.05) is 30.3 Å². The molecule has 0 aliphatic carbocycles. The zero-order valence-corrected chi connectivity index (χ0v) is 17.2. The maximum atomic E-state index is 12.0. The summed E-state index contributed by atoms with van der Waals surface area (Å²) < 4.78 is 0. The first-order valence-corrected chi connectivity index (χ1v) is 10.1. The van der Waals surface area contributed by atoms with E-state index >= 15 is 0 Å². The summed E-state index contributed by atoms with van der Waals surface area (Å²) in [5.74, 6) is -0.467. The summed E-state index contributed by atoms with van der Waals surface area (Å²) in [6, 6.07) is 22.6. The molecule has 0 unspecified atom stereocenters. The number of carbonyl (C=O) groups is 1. The Kier molecular flexibility index (Phi) is 7.81. The first-order valence-electron chi connectivity index (χ1n) is 9.74. The largest absolute Gasteiger partial charge is 0.506 e. The third-order valence-corrected chi connectivity index (χ3v) is 4.82. The number of halogens is 1. The molecule has 0 spiro atoms. The SMILES string of the molecule is O=C(NN=Cc1ccc(C=CCCCc2ccccc2)cc1)c1ccc(O)c(Cl)c1. The second-order valence-corrected chi connectivity index (χ2v) is 7.22. The molecule has 4 nitrogen and oxygen atoms in total. The van der Waals surface area contributed by atoms with Gasteiger partial charge in [-0.15, -0.1) is 0 Å². The van der Waals surface area contributed by atoms with Crippen LogP contribution in [0.25, 0.3) is 6.08 Å². The van der Waals surface area contributed by atoms with Crippen molar-refractivity contribution in [1.29, 1.82) is 0 Å². The second-order valence-electron chi connectivity index (χ2n) is 6.81. The number of rotatable bonds is 8. The number of aromatic hydroxyl groups is 1. The molecule has 5 heteroatoms. The van der Waals surface area contributed by atoms with Gasteiger partial charge in [-0.1, -0.05) is 78.4 Å². The Labute approximate surface area is 181 Å². The standard InChI is InChI=1S/C25H23ClN2O2/c26-23-17-22(15-16-24(23)29)25(30)28-27-18-21-13-11-20(12-14-21)10-6-2-5-9-19-7-3-1-4-8-19/h1,3-4,6-8,10-18,29H,2,5,9H2,(H,28,30).